The highest BCUT2D eigenvalue weighted by Crippen LogP contribution is 2.28. The van der Waals surface area contributed by atoms with Gasteiger partial charge in [-0.25, -0.2) is 8.42 Å². The number of benzene rings is 1. The summed E-state index contributed by atoms with van der Waals surface area (Å²) in [5.41, 5.74) is 0.560. The van der Waals surface area contributed by atoms with Gasteiger partial charge in [0.25, 0.3) is 5.91 Å². The first-order valence-electron chi connectivity index (χ1n) is 8.27. The predicted octanol–water partition coefficient (Wildman–Crippen LogP) is 3.47. The highest BCUT2D eigenvalue weighted by atomic mass is 127. The molecule has 0 bridgehead atoms. The second-order valence-electron chi connectivity index (χ2n) is 6.47. The number of halogens is 5. The van der Waals surface area contributed by atoms with Gasteiger partial charge in [0, 0.05) is 16.8 Å². The minimum atomic E-state index is -5.90. The number of alkyl halides is 2. The van der Waals surface area contributed by atoms with Gasteiger partial charge in [0.05, 0.1) is 11.5 Å². The summed E-state index contributed by atoms with van der Waals surface area (Å²) in [5.74, 6) is -1.89. The van der Waals surface area contributed by atoms with Crippen molar-refractivity contribution in [2.75, 3.05) is 6.61 Å². The lowest BCUT2D eigenvalue weighted by molar-refractivity contribution is -0.155. The van der Waals surface area contributed by atoms with E-state index in [1.165, 1.54) is 0 Å². The van der Waals surface area contributed by atoms with Gasteiger partial charge in [-0.2, -0.15) is 8.78 Å². The number of rotatable bonds is 6. The monoisotopic (exact) mass is 768 g/mol. The Morgan fingerprint density at radius 2 is 1.76 bits per heavy atom. The number of hydrogen-bond donors (Lipinski definition) is 1. The number of hydrogen-bond acceptors (Lipinski definition) is 6. The Morgan fingerprint density at radius 3 is 2.31 bits per heavy atom. The molecule has 0 unspecified atom stereocenters. The Hall–Kier alpha value is 0.120. The third kappa shape index (κ3) is 6.80. The van der Waals surface area contributed by atoms with E-state index in [9.17, 15) is 31.3 Å². The van der Waals surface area contributed by atoms with Crippen molar-refractivity contribution in [3.8, 4) is 0 Å². The molecule has 0 spiro atoms. The molecule has 1 amide bonds. The Morgan fingerprint density at radius 1 is 1.17 bits per heavy atom. The fourth-order valence-electron chi connectivity index (χ4n) is 2.80. The van der Waals surface area contributed by atoms with E-state index in [4.69, 9.17) is 0 Å². The molecule has 13 heteroatoms. The molecule has 0 aromatic heterocycles. The first kappa shape index (κ1) is 25.4. The SMILES string of the molecule is O=C(NC1CCC(C(=O)OCC(F)(F)S(=O)(=O)[O-])CC1)c1cc(I)cc(I)c1I. The van der Waals surface area contributed by atoms with Crippen LogP contribution in [0.2, 0.25) is 0 Å². The van der Waals surface area contributed by atoms with E-state index in [0.29, 0.717) is 31.2 Å². The molecule has 0 radical (unpaired) electrons. The van der Waals surface area contributed by atoms with E-state index in [0.717, 1.165) is 10.7 Å². The van der Waals surface area contributed by atoms with E-state index >= 15 is 0 Å². The zero-order valence-electron chi connectivity index (χ0n) is 14.6. The molecule has 1 aromatic carbocycles. The molecule has 0 atom stereocenters. The molecule has 1 aliphatic carbocycles. The van der Waals surface area contributed by atoms with Crippen molar-refractivity contribution >= 4 is 89.8 Å². The van der Waals surface area contributed by atoms with E-state index < -0.39 is 33.9 Å². The largest absolute Gasteiger partial charge is 0.743 e. The summed E-state index contributed by atoms with van der Waals surface area (Å²) in [7, 11) is -5.90. The van der Waals surface area contributed by atoms with Crippen LogP contribution in [0.4, 0.5) is 8.78 Å². The average molecular weight is 768 g/mol. The van der Waals surface area contributed by atoms with Crippen LogP contribution in [0.3, 0.4) is 0 Å². The van der Waals surface area contributed by atoms with Crippen molar-refractivity contribution in [1.29, 1.82) is 0 Å². The van der Waals surface area contributed by atoms with Gasteiger partial charge in [-0.1, -0.05) is 0 Å². The van der Waals surface area contributed by atoms with Crippen molar-refractivity contribution in [2.24, 2.45) is 5.92 Å². The summed E-state index contributed by atoms with van der Waals surface area (Å²) >= 11 is 6.39. The third-order valence-electron chi connectivity index (χ3n) is 4.38. The molecule has 1 aromatic rings. The average Bonchev–Trinajstić information content (AvgIpc) is 2.62. The highest BCUT2D eigenvalue weighted by molar-refractivity contribution is 14.1. The Kier molecular flexibility index (Phi) is 8.89. The molecule has 1 fully saturated rings. The molecule has 1 aliphatic rings. The van der Waals surface area contributed by atoms with Gasteiger partial charge in [0.2, 0.25) is 0 Å². The van der Waals surface area contributed by atoms with Crippen molar-refractivity contribution < 1.29 is 36.1 Å². The second kappa shape index (κ2) is 10.2. The smallest absolute Gasteiger partial charge is 0.367 e. The van der Waals surface area contributed by atoms with Gasteiger partial charge in [0.1, 0.15) is 0 Å². The van der Waals surface area contributed by atoms with Crippen LogP contribution < -0.4 is 5.32 Å². The first-order valence-corrected chi connectivity index (χ1v) is 12.9. The standard InChI is InChI=1S/C16H16F2I3NO6S/c17-16(18,29(25,26)27)7-28-15(24)8-1-3-10(4-2-8)22-14(23)11-5-9(19)6-12(20)13(11)21/h5-6,8,10H,1-4,7H2,(H,22,23)(H,25,26,27)/p-1. The number of carbonyl (C=O) groups is 2. The van der Waals surface area contributed by atoms with Crippen LogP contribution in [0, 0.1) is 16.6 Å². The van der Waals surface area contributed by atoms with E-state index in [-0.39, 0.29) is 11.9 Å². The highest BCUT2D eigenvalue weighted by Gasteiger charge is 2.40. The van der Waals surface area contributed by atoms with Crippen LogP contribution >= 0.6 is 67.8 Å². The lowest BCUT2D eigenvalue weighted by atomic mass is 9.86. The number of amides is 1. The van der Waals surface area contributed by atoms with Gasteiger partial charge in [-0.15, -0.1) is 0 Å². The number of nitrogens with one attached hydrogen (secondary N) is 1. The minimum Gasteiger partial charge on any atom is -0.743 e. The minimum absolute atomic E-state index is 0.179. The summed E-state index contributed by atoms with van der Waals surface area (Å²) in [6.45, 7) is -1.79. The maximum Gasteiger partial charge on any atom is 0.367 e. The van der Waals surface area contributed by atoms with Gasteiger partial charge < -0.3 is 14.6 Å². The predicted molar refractivity (Wildman–Crippen MR) is 123 cm³/mol. The summed E-state index contributed by atoms with van der Waals surface area (Å²) in [4.78, 5) is 24.5. The normalized spacial score (nSPS) is 20.2. The zero-order chi connectivity index (χ0) is 22.0. The van der Waals surface area contributed by atoms with Crippen LogP contribution in [-0.2, 0) is 19.6 Å². The second-order valence-corrected chi connectivity index (χ2v) is 11.5. The van der Waals surface area contributed by atoms with Crippen molar-refractivity contribution in [3.05, 3.63) is 28.4 Å². The molecule has 29 heavy (non-hydrogen) atoms. The van der Waals surface area contributed by atoms with Gasteiger partial charge in [-0.3, -0.25) is 9.59 Å². The fourth-order valence-corrected chi connectivity index (χ4v) is 5.41. The van der Waals surface area contributed by atoms with Crippen molar-refractivity contribution in [1.82, 2.24) is 5.32 Å². The summed E-state index contributed by atoms with van der Waals surface area (Å²) in [6, 6.07) is 3.56. The Bertz CT molecular complexity index is 904. The van der Waals surface area contributed by atoms with Gasteiger partial charge in [0.15, 0.2) is 16.7 Å². The van der Waals surface area contributed by atoms with Crippen LogP contribution in [-0.4, -0.2) is 42.8 Å². The molecule has 0 heterocycles. The van der Waals surface area contributed by atoms with Crippen molar-refractivity contribution in [2.45, 2.75) is 37.0 Å². The molecule has 1 saturated carbocycles. The number of ether oxygens (including phenoxy) is 1. The summed E-state index contributed by atoms with van der Waals surface area (Å²) in [6.07, 6.45) is 1.47. The third-order valence-corrected chi connectivity index (χ3v) is 8.90. The maximum atomic E-state index is 13.1. The van der Waals surface area contributed by atoms with Gasteiger partial charge in [-0.05, 0) is 106 Å². The molecule has 2 rings (SSSR count). The zero-order valence-corrected chi connectivity index (χ0v) is 21.9. The van der Waals surface area contributed by atoms with E-state index in [1.54, 1.807) is 6.07 Å². The molecule has 0 saturated heterocycles. The Balaban J connectivity index is 1.88. The maximum absolute atomic E-state index is 13.1. The van der Waals surface area contributed by atoms with E-state index in [1.807, 2.05) is 6.07 Å². The number of esters is 1. The molecule has 7 nitrogen and oxygen atoms in total. The van der Waals surface area contributed by atoms with Crippen molar-refractivity contribution in [3.63, 3.8) is 0 Å². The number of carbonyl (C=O) groups excluding carboxylic acids is 2. The topological polar surface area (TPSA) is 113 Å². The molecular weight excluding hydrogens is 753 g/mol. The first-order chi connectivity index (χ1) is 13.3. The lowest BCUT2D eigenvalue weighted by Gasteiger charge is -2.28. The van der Waals surface area contributed by atoms with Crippen LogP contribution in [0.15, 0.2) is 12.1 Å². The fraction of sp³-hybridized carbons (Fsp3) is 0.500. The lowest BCUT2D eigenvalue weighted by Crippen LogP contribution is -2.40. The summed E-state index contributed by atoms with van der Waals surface area (Å²) in [5, 5.41) is -1.73. The van der Waals surface area contributed by atoms with E-state index in [2.05, 4.69) is 77.8 Å². The van der Waals surface area contributed by atoms with Crippen LogP contribution in [0.1, 0.15) is 36.0 Å². The van der Waals surface area contributed by atoms with Gasteiger partial charge >= 0.3 is 11.2 Å². The molecule has 1 N–H and O–H groups in total. The Labute approximate surface area is 207 Å². The molecule has 0 aliphatic heterocycles. The van der Waals surface area contributed by atoms with Crippen LogP contribution in [0.25, 0.3) is 0 Å². The molecule has 162 valence electrons. The molecular formula is C16H15F2I3NO6S-. The van der Waals surface area contributed by atoms with Crippen LogP contribution in [0.5, 0.6) is 0 Å². The summed E-state index contributed by atoms with van der Waals surface area (Å²) < 4.78 is 64.5. The quantitative estimate of drug-likeness (QED) is 0.206.